The monoisotopic (exact) mass is 437 g/mol. The minimum atomic E-state index is -0.616. The van der Waals surface area contributed by atoms with Crippen molar-refractivity contribution in [2.24, 2.45) is 0 Å². The van der Waals surface area contributed by atoms with Crippen molar-refractivity contribution < 1.29 is 14.0 Å². The number of piperazine rings is 1. The van der Waals surface area contributed by atoms with Crippen LogP contribution in [-0.4, -0.2) is 60.9 Å². The number of amides is 2. The molecule has 0 radical (unpaired) electrons. The Hall–Kier alpha value is -2.77. The summed E-state index contributed by atoms with van der Waals surface area (Å²) in [5.74, 6) is -1.50. The highest BCUT2D eigenvalue weighted by molar-refractivity contribution is 7.17. The lowest BCUT2D eigenvalue weighted by Crippen LogP contribution is -2.46. The van der Waals surface area contributed by atoms with E-state index in [9.17, 15) is 14.0 Å². The fourth-order valence-electron chi connectivity index (χ4n) is 4.57. The zero-order valence-corrected chi connectivity index (χ0v) is 18.0. The second-order valence-corrected chi connectivity index (χ2v) is 9.02. The first-order chi connectivity index (χ1) is 15.1. The summed E-state index contributed by atoms with van der Waals surface area (Å²) in [4.78, 5) is 30.9. The topological polar surface area (TPSA) is 43.9 Å². The lowest BCUT2D eigenvalue weighted by molar-refractivity contribution is 0.0649. The molecule has 2 amide bonds. The molecule has 0 saturated carbocycles. The number of fused-ring (bicyclic) bond motifs is 2. The molecule has 0 atom stereocenters. The lowest BCUT2D eigenvalue weighted by atomic mass is 10.1. The first-order valence-electron chi connectivity index (χ1n) is 10.7. The third-order valence-electron chi connectivity index (χ3n) is 6.24. The van der Waals surface area contributed by atoms with Crippen LogP contribution in [0.4, 0.5) is 10.1 Å². The van der Waals surface area contributed by atoms with Crippen molar-refractivity contribution in [3.05, 3.63) is 64.8 Å². The van der Waals surface area contributed by atoms with Crippen LogP contribution < -0.4 is 4.90 Å². The summed E-state index contributed by atoms with van der Waals surface area (Å²) in [7, 11) is 0. The van der Waals surface area contributed by atoms with Crippen molar-refractivity contribution in [3.8, 4) is 0 Å². The van der Waals surface area contributed by atoms with E-state index in [1.165, 1.54) is 38.9 Å². The van der Waals surface area contributed by atoms with Crippen molar-refractivity contribution in [3.63, 3.8) is 0 Å². The van der Waals surface area contributed by atoms with Gasteiger partial charge in [0.1, 0.15) is 5.82 Å². The normalized spacial score (nSPS) is 17.1. The van der Waals surface area contributed by atoms with E-state index in [0.29, 0.717) is 6.54 Å². The second kappa shape index (κ2) is 8.40. The predicted octanol–water partition coefficient (Wildman–Crippen LogP) is 4.24. The van der Waals surface area contributed by atoms with Crippen LogP contribution in [0.15, 0.2) is 47.8 Å². The minimum Gasteiger partial charge on any atom is -0.368 e. The molecule has 5 rings (SSSR count). The molecular formula is C24H24FN3O2S. The smallest absolute Gasteiger partial charge is 0.264 e. The Balaban J connectivity index is 1.10. The Morgan fingerprint density at radius 1 is 0.871 bits per heavy atom. The van der Waals surface area contributed by atoms with Gasteiger partial charge >= 0.3 is 0 Å². The molecule has 3 aromatic rings. The van der Waals surface area contributed by atoms with Gasteiger partial charge in [0.15, 0.2) is 0 Å². The Morgan fingerprint density at radius 3 is 2.45 bits per heavy atom. The number of unbranched alkanes of at least 4 members (excludes halogenated alkanes) is 1. The molecule has 0 bridgehead atoms. The fraction of sp³-hybridized carbons (Fsp3) is 0.333. The quantitative estimate of drug-likeness (QED) is 0.427. The van der Waals surface area contributed by atoms with Crippen LogP contribution >= 0.6 is 11.3 Å². The summed E-state index contributed by atoms with van der Waals surface area (Å²) in [6.07, 6.45) is 1.62. The number of halogens is 1. The largest absolute Gasteiger partial charge is 0.368 e. The van der Waals surface area contributed by atoms with E-state index in [-0.39, 0.29) is 17.0 Å². The Morgan fingerprint density at radius 2 is 1.65 bits per heavy atom. The number of carbonyl (C=O) groups excluding carboxylic acids is 2. The number of hydrogen-bond acceptors (Lipinski definition) is 5. The van der Waals surface area contributed by atoms with Gasteiger partial charge in [-0.3, -0.25) is 19.4 Å². The van der Waals surface area contributed by atoms with Crippen molar-refractivity contribution in [1.29, 1.82) is 0 Å². The van der Waals surface area contributed by atoms with Crippen molar-refractivity contribution in [1.82, 2.24) is 9.80 Å². The lowest BCUT2D eigenvalue weighted by Gasteiger charge is -2.36. The van der Waals surface area contributed by atoms with E-state index >= 15 is 0 Å². The molecule has 2 aromatic carbocycles. The molecule has 0 unspecified atom stereocenters. The Bertz CT molecular complexity index is 1140. The Kier molecular flexibility index (Phi) is 5.46. The van der Waals surface area contributed by atoms with Crippen molar-refractivity contribution in [2.75, 3.05) is 44.2 Å². The van der Waals surface area contributed by atoms with Crippen LogP contribution in [0.5, 0.6) is 0 Å². The standard InChI is InChI=1S/C24H24FN3O2S/c25-19-6-3-5-18-22(19)24(30)28(23(18)29)11-2-1-10-26-12-14-27(15-13-26)20-7-4-8-21-17(20)9-16-31-21/h3-9,16H,1-2,10-15H2. The van der Waals surface area contributed by atoms with Crippen LogP contribution in [0, 0.1) is 5.82 Å². The first kappa shape index (κ1) is 20.2. The Labute approximate surface area is 184 Å². The van der Waals surface area contributed by atoms with Crippen molar-refractivity contribution >= 4 is 38.9 Å². The maximum Gasteiger partial charge on any atom is 0.264 e. The van der Waals surface area contributed by atoms with Crippen molar-refractivity contribution in [2.45, 2.75) is 12.8 Å². The van der Waals surface area contributed by atoms with Crippen LogP contribution in [0.1, 0.15) is 33.6 Å². The molecule has 1 saturated heterocycles. The highest BCUT2D eigenvalue weighted by Gasteiger charge is 2.37. The van der Waals surface area contributed by atoms with Crippen LogP contribution in [-0.2, 0) is 0 Å². The zero-order valence-electron chi connectivity index (χ0n) is 17.2. The van der Waals surface area contributed by atoms with E-state index in [0.717, 1.165) is 45.6 Å². The summed E-state index contributed by atoms with van der Waals surface area (Å²) in [5, 5.41) is 3.48. The van der Waals surface area contributed by atoms with Gasteiger partial charge in [0.05, 0.1) is 11.1 Å². The molecular weight excluding hydrogens is 413 g/mol. The van der Waals surface area contributed by atoms with Gasteiger partial charge in [-0.2, -0.15) is 0 Å². The molecule has 0 spiro atoms. The minimum absolute atomic E-state index is 0.0794. The summed E-state index contributed by atoms with van der Waals surface area (Å²) in [6, 6.07) is 12.9. The maximum atomic E-state index is 13.9. The highest BCUT2D eigenvalue weighted by Crippen LogP contribution is 2.31. The first-order valence-corrected chi connectivity index (χ1v) is 11.6. The molecule has 31 heavy (non-hydrogen) atoms. The molecule has 0 N–H and O–H groups in total. The summed E-state index contributed by atoms with van der Waals surface area (Å²) >= 11 is 1.78. The average Bonchev–Trinajstić information content (AvgIpc) is 3.36. The summed E-state index contributed by atoms with van der Waals surface area (Å²) < 4.78 is 15.3. The summed E-state index contributed by atoms with van der Waals surface area (Å²) in [6.45, 7) is 5.26. The zero-order chi connectivity index (χ0) is 21.4. The number of imide groups is 1. The molecule has 160 valence electrons. The predicted molar refractivity (Wildman–Crippen MR) is 121 cm³/mol. The van der Waals surface area contributed by atoms with E-state index in [1.807, 2.05) is 0 Å². The molecule has 7 heteroatoms. The van der Waals surface area contributed by atoms with Gasteiger partial charge in [0.25, 0.3) is 11.8 Å². The number of hydrogen-bond donors (Lipinski definition) is 0. The third kappa shape index (κ3) is 3.72. The van der Waals surface area contributed by atoms with Gasteiger partial charge < -0.3 is 4.90 Å². The van der Waals surface area contributed by atoms with E-state index in [2.05, 4.69) is 39.4 Å². The average molecular weight is 438 g/mol. The van der Waals surface area contributed by atoms with E-state index in [1.54, 1.807) is 11.3 Å². The molecule has 1 fully saturated rings. The second-order valence-electron chi connectivity index (χ2n) is 8.07. The van der Waals surface area contributed by atoms with Gasteiger partial charge in [0, 0.05) is 48.5 Å². The number of anilines is 1. The molecule has 0 aliphatic carbocycles. The van der Waals surface area contributed by atoms with Gasteiger partial charge in [-0.25, -0.2) is 4.39 Å². The van der Waals surface area contributed by atoms with Crippen LogP contribution in [0.25, 0.3) is 10.1 Å². The molecule has 1 aromatic heterocycles. The number of carbonyl (C=O) groups is 2. The number of nitrogens with zero attached hydrogens (tertiary/aromatic N) is 3. The highest BCUT2D eigenvalue weighted by atomic mass is 32.1. The fourth-order valence-corrected chi connectivity index (χ4v) is 5.37. The molecule has 3 heterocycles. The molecule has 2 aliphatic rings. The van der Waals surface area contributed by atoms with Gasteiger partial charge in [-0.15, -0.1) is 11.3 Å². The SMILES string of the molecule is O=C1c2cccc(F)c2C(=O)N1CCCCN1CCN(c2cccc3sccc23)CC1. The van der Waals surface area contributed by atoms with E-state index < -0.39 is 11.7 Å². The summed E-state index contributed by atoms with van der Waals surface area (Å²) in [5.41, 5.74) is 1.42. The van der Waals surface area contributed by atoms with Gasteiger partial charge in [0.2, 0.25) is 0 Å². The van der Waals surface area contributed by atoms with Crippen LogP contribution in [0.3, 0.4) is 0 Å². The molecule has 5 nitrogen and oxygen atoms in total. The van der Waals surface area contributed by atoms with Crippen LogP contribution in [0.2, 0.25) is 0 Å². The van der Waals surface area contributed by atoms with Gasteiger partial charge in [-0.1, -0.05) is 12.1 Å². The number of benzene rings is 2. The third-order valence-corrected chi connectivity index (χ3v) is 7.12. The van der Waals surface area contributed by atoms with Gasteiger partial charge in [-0.05, 0) is 55.1 Å². The molecule has 2 aliphatic heterocycles. The maximum absolute atomic E-state index is 13.9. The number of thiophene rings is 1. The van der Waals surface area contributed by atoms with E-state index in [4.69, 9.17) is 0 Å². The number of rotatable bonds is 6.